The van der Waals surface area contributed by atoms with Gasteiger partial charge in [-0.25, -0.2) is 9.78 Å². The van der Waals surface area contributed by atoms with Crippen LogP contribution in [0, 0.1) is 0 Å². The van der Waals surface area contributed by atoms with Gasteiger partial charge in [0.1, 0.15) is 0 Å². The molecule has 0 spiro atoms. The molecule has 0 radical (unpaired) electrons. The first-order valence-electron chi connectivity index (χ1n) is 15.8. The number of para-hydroxylation sites is 2. The lowest BCUT2D eigenvalue weighted by Gasteiger charge is -2.53. The molecule has 2 aliphatic heterocycles. The third-order valence-electron chi connectivity index (χ3n) is 9.72. The molecule has 1 amide bonds. The third-order valence-corrected chi connectivity index (χ3v) is 9.72. The number of carbonyl (C=O) groups is 2. The van der Waals surface area contributed by atoms with Crippen LogP contribution in [0.2, 0.25) is 0 Å². The molecule has 6 rings (SSSR count). The number of hydrogen-bond donors (Lipinski definition) is 1. The third kappa shape index (κ3) is 5.74. The van der Waals surface area contributed by atoms with E-state index in [-0.39, 0.29) is 11.7 Å². The number of carbonyl (C=O) groups excluding carboxylic acids is 2. The maximum atomic E-state index is 14.2. The van der Waals surface area contributed by atoms with Gasteiger partial charge in [-0.2, -0.15) is 0 Å². The molecular formula is C34H42N4O4. The number of esters is 1. The van der Waals surface area contributed by atoms with E-state index in [2.05, 4.69) is 15.2 Å². The highest BCUT2D eigenvalue weighted by Gasteiger charge is 2.42. The Morgan fingerprint density at radius 3 is 2.12 bits per heavy atom. The van der Waals surface area contributed by atoms with Crippen molar-refractivity contribution in [3.05, 3.63) is 76.2 Å². The van der Waals surface area contributed by atoms with Gasteiger partial charge in [0.25, 0.3) is 11.5 Å². The van der Waals surface area contributed by atoms with Crippen molar-refractivity contribution in [2.45, 2.75) is 107 Å². The van der Waals surface area contributed by atoms with Crippen LogP contribution in [0.1, 0.15) is 105 Å². The van der Waals surface area contributed by atoms with Gasteiger partial charge in [0.2, 0.25) is 0 Å². The van der Waals surface area contributed by atoms with Crippen molar-refractivity contribution < 1.29 is 14.3 Å². The quantitative estimate of drug-likeness (QED) is 0.382. The van der Waals surface area contributed by atoms with E-state index in [1.807, 2.05) is 34.9 Å². The number of aromatic nitrogens is 2. The van der Waals surface area contributed by atoms with Crippen LogP contribution in [0.15, 0.2) is 59.4 Å². The number of nitrogens with zero attached hydrogens (tertiary/aromatic N) is 3. The lowest BCUT2D eigenvalue weighted by Crippen LogP contribution is -2.57. The minimum absolute atomic E-state index is 0.0115. The van der Waals surface area contributed by atoms with E-state index in [9.17, 15) is 14.4 Å². The van der Waals surface area contributed by atoms with E-state index < -0.39 is 23.5 Å². The summed E-state index contributed by atoms with van der Waals surface area (Å²) >= 11 is 0. The van der Waals surface area contributed by atoms with Crippen LogP contribution in [0.25, 0.3) is 11.0 Å². The fourth-order valence-electron chi connectivity index (χ4n) is 7.83. The van der Waals surface area contributed by atoms with Gasteiger partial charge in [-0.3, -0.25) is 14.5 Å². The smallest absolute Gasteiger partial charge is 0.333 e. The molecule has 3 aliphatic rings. The van der Waals surface area contributed by atoms with Gasteiger partial charge in [-0.15, -0.1) is 0 Å². The van der Waals surface area contributed by atoms with Crippen molar-refractivity contribution >= 4 is 22.9 Å². The lowest BCUT2D eigenvalue weighted by atomic mass is 9.79. The van der Waals surface area contributed by atoms with Crippen molar-refractivity contribution in [2.24, 2.45) is 0 Å². The van der Waals surface area contributed by atoms with E-state index in [4.69, 9.17) is 4.74 Å². The van der Waals surface area contributed by atoms with Crippen LogP contribution in [0.5, 0.6) is 0 Å². The molecule has 222 valence electrons. The van der Waals surface area contributed by atoms with Crippen LogP contribution >= 0.6 is 0 Å². The fourth-order valence-corrected chi connectivity index (χ4v) is 7.83. The molecular weight excluding hydrogens is 528 g/mol. The highest BCUT2D eigenvalue weighted by molar-refractivity contribution is 5.96. The topological polar surface area (TPSA) is 93.5 Å². The minimum Gasteiger partial charge on any atom is -0.467 e. The largest absolute Gasteiger partial charge is 0.467 e. The highest BCUT2D eigenvalue weighted by atomic mass is 16.5. The molecule has 3 aromatic rings. The van der Waals surface area contributed by atoms with Gasteiger partial charge in [0.05, 0.1) is 18.1 Å². The molecule has 4 atom stereocenters. The Labute approximate surface area is 247 Å². The fraction of sp³-hybridized carbons (Fsp3) is 0.529. The Morgan fingerprint density at radius 1 is 0.810 bits per heavy atom. The summed E-state index contributed by atoms with van der Waals surface area (Å²) in [6.45, 7) is 0. The molecule has 1 unspecified atom stereocenters. The first kappa shape index (κ1) is 28.6. The summed E-state index contributed by atoms with van der Waals surface area (Å²) in [5.41, 5.74) is 1.35. The number of nitrogens with one attached hydrogen (secondary N) is 1. The maximum absolute atomic E-state index is 14.2. The number of piperidine rings is 2. The second kappa shape index (κ2) is 12.8. The van der Waals surface area contributed by atoms with Crippen molar-refractivity contribution in [1.29, 1.82) is 0 Å². The Kier molecular flexibility index (Phi) is 8.70. The molecule has 1 aromatic heterocycles. The second-order valence-electron chi connectivity index (χ2n) is 12.3. The molecule has 42 heavy (non-hydrogen) atoms. The molecule has 2 bridgehead atoms. The minimum atomic E-state index is -1.05. The maximum Gasteiger partial charge on any atom is 0.333 e. The van der Waals surface area contributed by atoms with E-state index in [0.717, 1.165) is 31.2 Å². The Hall–Kier alpha value is -3.52. The SMILES string of the molecule is COC(=O)[C@@H](NC(=O)c1nc2ccccc2n(C2C[C@H]3CCC[C@@H](C2)N3C2CCCCCCC2)c1=O)c1ccccc1. The number of fused-ring (bicyclic) bond motifs is 3. The molecule has 3 heterocycles. The number of benzene rings is 2. The number of rotatable bonds is 6. The van der Waals surface area contributed by atoms with E-state index >= 15 is 0 Å². The standard InChI is InChI=1S/C34H42N4O4/c1-42-34(41)30(23-13-6-5-7-14-23)36-32(39)31-33(40)38(29-20-11-10-19-28(29)35-31)27-21-25-17-12-18-26(22-27)37(25)24-15-8-3-2-4-9-16-24/h5-7,10-11,13-14,19-20,24-27,30H,2-4,8-9,12,15-18,21-22H2,1H3,(H,36,39)/t25-,26+,27?,30-/m0/s1. The average Bonchev–Trinajstić information content (AvgIpc) is 2.99. The van der Waals surface area contributed by atoms with E-state index in [0.29, 0.717) is 29.2 Å². The van der Waals surface area contributed by atoms with Crippen molar-refractivity contribution in [1.82, 2.24) is 19.8 Å². The normalized spacial score (nSPS) is 24.4. The van der Waals surface area contributed by atoms with E-state index in [1.54, 1.807) is 24.3 Å². The predicted molar refractivity (Wildman–Crippen MR) is 162 cm³/mol. The predicted octanol–water partition coefficient (Wildman–Crippen LogP) is 5.71. The first-order valence-corrected chi connectivity index (χ1v) is 15.8. The summed E-state index contributed by atoms with van der Waals surface area (Å²) in [6, 6.07) is 17.0. The van der Waals surface area contributed by atoms with Crippen LogP contribution < -0.4 is 10.9 Å². The molecule has 3 fully saturated rings. The van der Waals surface area contributed by atoms with Crippen molar-refractivity contribution in [3.63, 3.8) is 0 Å². The zero-order chi connectivity index (χ0) is 29.1. The van der Waals surface area contributed by atoms with Crippen molar-refractivity contribution in [3.8, 4) is 0 Å². The summed E-state index contributed by atoms with van der Waals surface area (Å²) in [6.07, 6.45) is 14.6. The summed E-state index contributed by atoms with van der Waals surface area (Å²) in [7, 11) is 1.28. The summed E-state index contributed by atoms with van der Waals surface area (Å²) in [4.78, 5) is 47.9. The molecule has 8 heteroatoms. The monoisotopic (exact) mass is 570 g/mol. The number of hydrogen-bond acceptors (Lipinski definition) is 6. The number of amides is 1. The Morgan fingerprint density at radius 2 is 1.43 bits per heavy atom. The van der Waals surface area contributed by atoms with Gasteiger partial charge in [0, 0.05) is 24.2 Å². The van der Waals surface area contributed by atoms with Crippen LogP contribution in [-0.4, -0.2) is 51.6 Å². The van der Waals surface area contributed by atoms with E-state index in [1.165, 1.54) is 58.5 Å². The number of methoxy groups -OCH3 is 1. The Balaban J connectivity index is 1.33. The molecule has 1 aliphatic carbocycles. The van der Waals surface area contributed by atoms with Gasteiger partial charge in [0.15, 0.2) is 11.7 Å². The summed E-state index contributed by atoms with van der Waals surface area (Å²) in [5, 5.41) is 2.74. The van der Waals surface area contributed by atoms with Crippen LogP contribution in [0.4, 0.5) is 0 Å². The van der Waals surface area contributed by atoms with Crippen molar-refractivity contribution in [2.75, 3.05) is 7.11 Å². The highest BCUT2D eigenvalue weighted by Crippen LogP contribution is 2.42. The zero-order valence-electron chi connectivity index (χ0n) is 24.5. The molecule has 1 N–H and O–H groups in total. The summed E-state index contributed by atoms with van der Waals surface area (Å²) < 4.78 is 6.82. The lowest BCUT2D eigenvalue weighted by molar-refractivity contribution is -0.143. The van der Waals surface area contributed by atoms with Gasteiger partial charge >= 0.3 is 5.97 Å². The first-order chi connectivity index (χ1) is 20.5. The second-order valence-corrected chi connectivity index (χ2v) is 12.3. The van der Waals surface area contributed by atoms with Gasteiger partial charge in [-0.1, -0.05) is 81.0 Å². The number of ether oxygens (including phenoxy) is 1. The molecule has 1 saturated carbocycles. The van der Waals surface area contributed by atoms with Crippen LogP contribution in [0.3, 0.4) is 0 Å². The van der Waals surface area contributed by atoms with Gasteiger partial charge in [-0.05, 0) is 56.2 Å². The molecule has 8 nitrogen and oxygen atoms in total. The molecule has 2 saturated heterocycles. The average molecular weight is 571 g/mol. The van der Waals surface area contributed by atoms with Crippen LogP contribution in [-0.2, 0) is 9.53 Å². The van der Waals surface area contributed by atoms with Gasteiger partial charge < -0.3 is 14.6 Å². The zero-order valence-corrected chi connectivity index (χ0v) is 24.5. The molecule has 2 aromatic carbocycles. The summed E-state index contributed by atoms with van der Waals surface area (Å²) in [5.74, 6) is -1.28. The Bertz CT molecular complexity index is 1450.